The minimum absolute atomic E-state index is 0.169. The van der Waals surface area contributed by atoms with Gasteiger partial charge in [0.25, 0.3) is 0 Å². The number of aliphatic hydroxyl groups is 1. The van der Waals surface area contributed by atoms with Gasteiger partial charge in [0.05, 0.1) is 23.6 Å². The summed E-state index contributed by atoms with van der Waals surface area (Å²) in [5.74, 6) is 2.49. The summed E-state index contributed by atoms with van der Waals surface area (Å²) < 4.78 is 10.4. The van der Waals surface area contributed by atoms with Gasteiger partial charge in [0.15, 0.2) is 5.65 Å². The molecule has 3 aromatic heterocycles. The zero-order valence-corrected chi connectivity index (χ0v) is 28.1. The molecule has 5 aromatic rings. The molecule has 11 nitrogen and oxygen atoms in total. The number of aryl methyl sites for hydroxylation is 1. The first kappa shape index (κ1) is 31.7. The van der Waals surface area contributed by atoms with Crippen LogP contribution >= 0.6 is 0 Å². The summed E-state index contributed by atoms with van der Waals surface area (Å²) in [4.78, 5) is 15.8. The number of carbonyl (C=O) groups is 1. The maximum absolute atomic E-state index is 13.5. The third-order valence-electron chi connectivity index (χ3n) is 9.53. The van der Waals surface area contributed by atoms with Gasteiger partial charge in [-0.15, -0.1) is 10.2 Å². The summed E-state index contributed by atoms with van der Waals surface area (Å²) in [6.45, 7) is 10.3. The lowest BCUT2D eigenvalue weighted by Crippen LogP contribution is -2.36. The molecule has 11 heteroatoms. The lowest BCUT2D eigenvalue weighted by atomic mass is 9.85. The predicted molar refractivity (Wildman–Crippen MR) is 186 cm³/mol. The number of ether oxygens (including phenoxy) is 1. The van der Waals surface area contributed by atoms with Gasteiger partial charge in [-0.2, -0.15) is 5.10 Å². The Kier molecular flexibility index (Phi) is 8.55. The number of amides is 2. The first-order valence-electron chi connectivity index (χ1n) is 16.9. The van der Waals surface area contributed by atoms with Crippen LogP contribution in [0, 0.1) is 12.8 Å². The highest BCUT2D eigenvalue weighted by Gasteiger charge is 2.30. The van der Waals surface area contributed by atoms with E-state index in [9.17, 15) is 9.90 Å². The number of nitrogens with one attached hydrogen (secondary N) is 2. The van der Waals surface area contributed by atoms with Crippen LogP contribution < -0.4 is 20.3 Å². The molecule has 0 saturated carbocycles. The van der Waals surface area contributed by atoms with Crippen LogP contribution in [-0.2, 0) is 5.41 Å². The van der Waals surface area contributed by atoms with Crippen LogP contribution in [0.25, 0.3) is 11.3 Å². The van der Waals surface area contributed by atoms with E-state index in [-0.39, 0.29) is 30.2 Å². The summed E-state index contributed by atoms with van der Waals surface area (Å²) in [7, 11) is 0. The van der Waals surface area contributed by atoms with Crippen molar-refractivity contribution in [2.75, 3.05) is 29.9 Å². The lowest BCUT2D eigenvalue weighted by Gasteiger charge is -2.32. The number of nitrogens with zero attached hydrogens (tertiary/aromatic N) is 6. The van der Waals surface area contributed by atoms with Gasteiger partial charge in [-0.05, 0) is 73.9 Å². The lowest BCUT2D eigenvalue weighted by molar-refractivity contribution is 0.171. The van der Waals surface area contributed by atoms with E-state index in [1.54, 1.807) is 4.68 Å². The summed E-state index contributed by atoms with van der Waals surface area (Å²) in [5, 5.41) is 29.6. The first-order valence-corrected chi connectivity index (χ1v) is 16.9. The topological polar surface area (TPSA) is 122 Å². The van der Waals surface area contributed by atoms with Crippen LogP contribution in [0.5, 0.6) is 5.75 Å². The first-order chi connectivity index (χ1) is 23.2. The highest BCUT2D eigenvalue weighted by atomic mass is 16.5. The van der Waals surface area contributed by atoms with Crippen LogP contribution in [0.3, 0.4) is 0 Å². The third-order valence-corrected chi connectivity index (χ3v) is 9.53. The molecule has 7 rings (SSSR count). The average molecular weight is 649 g/mol. The molecule has 2 aromatic carbocycles. The number of pyridine rings is 1. The number of piperidine rings is 1. The zero-order chi connectivity index (χ0) is 33.4. The number of aromatic nitrogens is 5. The molecular formula is C37H44N8O3. The van der Waals surface area contributed by atoms with E-state index in [1.165, 1.54) is 0 Å². The predicted octanol–water partition coefficient (Wildman–Crippen LogP) is 6.51. The molecule has 3 N–H and O–H groups in total. The van der Waals surface area contributed by atoms with Gasteiger partial charge in [0.2, 0.25) is 5.95 Å². The van der Waals surface area contributed by atoms with Crippen molar-refractivity contribution in [3.8, 4) is 11.4 Å². The largest absolute Gasteiger partial charge is 0.484 e. The Morgan fingerprint density at radius 2 is 1.71 bits per heavy atom. The van der Waals surface area contributed by atoms with E-state index in [0.29, 0.717) is 11.7 Å². The van der Waals surface area contributed by atoms with Crippen molar-refractivity contribution in [3.63, 3.8) is 0 Å². The van der Waals surface area contributed by atoms with E-state index >= 15 is 0 Å². The van der Waals surface area contributed by atoms with Crippen LogP contribution in [0.15, 0.2) is 72.9 Å². The van der Waals surface area contributed by atoms with E-state index in [0.717, 1.165) is 84.2 Å². The fourth-order valence-electron chi connectivity index (χ4n) is 6.68. The van der Waals surface area contributed by atoms with Gasteiger partial charge in [-0.25, -0.2) is 9.48 Å². The van der Waals surface area contributed by atoms with E-state index < -0.39 is 0 Å². The molecule has 2 amide bonds. The molecule has 1 aliphatic heterocycles. The fraction of sp³-hybridized carbons (Fsp3) is 0.405. The Hall–Kier alpha value is -4.90. The molecule has 2 aliphatic rings. The number of anilines is 2. The van der Waals surface area contributed by atoms with Gasteiger partial charge < -0.3 is 20.1 Å². The molecular weight excluding hydrogens is 604 g/mol. The molecule has 1 saturated heterocycles. The average Bonchev–Trinajstić information content (AvgIpc) is 3.71. The normalized spacial score (nSPS) is 18.5. The Balaban J connectivity index is 1.07. The van der Waals surface area contributed by atoms with Gasteiger partial charge in [-0.1, -0.05) is 62.7 Å². The Bertz CT molecular complexity index is 1900. The van der Waals surface area contributed by atoms with Crippen molar-refractivity contribution in [1.29, 1.82) is 0 Å². The summed E-state index contributed by atoms with van der Waals surface area (Å²) in [5.41, 5.74) is 5.62. The number of hydrogen-bond acceptors (Lipinski definition) is 7. The van der Waals surface area contributed by atoms with Gasteiger partial charge in [0.1, 0.15) is 17.7 Å². The number of fused-ring (bicyclic) bond motifs is 2. The molecule has 0 unspecified atom stereocenters. The second kappa shape index (κ2) is 13.0. The van der Waals surface area contributed by atoms with E-state index in [1.807, 2.05) is 65.2 Å². The highest BCUT2D eigenvalue weighted by Crippen LogP contribution is 2.39. The minimum Gasteiger partial charge on any atom is -0.484 e. The Labute approximate surface area is 280 Å². The molecule has 250 valence electrons. The SMILES string of the molecule is Cc1ccc(-n2nc(C(C)(C)C)cc2NC(=O)N[C@H]2CC[C@@H](Oc3ccc4nnc(N5CCC(CO)CC5)n4c3)c3ccccc32)cc1. The standard InChI is InChI=1S/C37H44N8O3/c1-24-9-11-26(12-10-24)45-34(21-32(42-45)37(2,3)4)39-35(47)38-30-14-15-31(29-8-6-5-7-28(29)30)48-27-13-16-33-40-41-36(44(33)22-27)43-19-17-25(23-46)18-20-43/h5-13,16,21-22,25,30-31,46H,14-15,17-20,23H2,1-4H3,(H2,38,39,47)/t30-,31+/m0/s1. The Morgan fingerprint density at radius 3 is 2.44 bits per heavy atom. The maximum Gasteiger partial charge on any atom is 0.320 e. The molecule has 1 aliphatic carbocycles. The van der Waals surface area contributed by atoms with Crippen LogP contribution in [0.1, 0.15) is 81.0 Å². The van der Waals surface area contributed by atoms with Crippen molar-refractivity contribution in [2.45, 2.75) is 70.9 Å². The van der Waals surface area contributed by atoms with Gasteiger partial charge in [-0.3, -0.25) is 9.72 Å². The molecule has 0 bridgehead atoms. The van der Waals surface area contributed by atoms with Crippen molar-refractivity contribution in [1.82, 2.24) is 29.7 Å². The third kappa shape index (κ3) is 6.47. The summed E-state index contributed by atoms with van der Waals surface area (Å²) in [6, 6.07) is 21.7. The van der Waals surface area contributed by atoms with E-state index in [4.69, 9.17) is 9.84 Å². The van der Waals surface area contributed by atoms with Crippen LogP contribution in [-0.4, -0.2) is 55.2 Å². The Morgan fingerprint density at radius 1 is 0.958 bits per heavy atom. The van der Waals surface area contributed by atoms with E-state index in [2.05, 4.69) is 65.6 Å². The van der Waals surface area contributed by atoms with Crippen molar-refractivity contribution in [2.24, 2.45) is 5.92 Å². The zero-order valence-electron chi connectivity index (χ0n) is 28.1. The van der Waals surface area contributed by atoms with Crippen molar-refractivity contribution in [3.05, 3.63) is 95.3 Å². The number of rotatable bonds is 7. The van der Waals surface area contributed by atoms with Gasteiger partial charge >= 0.3 is 6.03 Å². The number of aliphatic hydroxyl groups excluding tert-OH is 1. The van der Waals surface area contributed by atoms with Crippen LogP contribution in [0.2, 0.25) is 0 Å². The monoisotopic (exact) mass is 648 g/mol. The molecule has 0 spiro atoms. The van der Waals surface area contributed by atoms with Crippen molar-refractivity contribution < 1.29 is 14.6 Å². The molecule has 1 fully saturated rings. The number of carbonyl (C=O) groups excluding carboxylic acids is 1. The maximum atomic E-state index is 13.5. The highest BCUT2D eigenvalue weighted by molar-refractivity contribution is 5.89. The van der Waals surface area contributed by atoms with Crippen molar-refractivity contribution >= 4 is 23.4 Å². The quantitative estimate of drug-likeness (QED) is 0.184. The molecule has 48 heavy (non-hydrogen) atoms. The number of benzene rings is 2. The molecule has 0 radical (unpaired) electrons. The smallest absolute Gasteiger partial charge is 0.320 e. The molecule has 2 atom stereocenters. The second-order valence-electron chi connectivity index (χ2n) is 14.1. The molecule has 4 heterocycles. The number of hydrogen-bond donors (Lipinski definition) is 3. The number of urea groups is 1. The minimum atomic E-state index is -0.281. The van der Waals surface area contributed by atoms with Crippen LogP contribution in [0.4, 0.5) is 16.6 Å². The second-order valence-corrected chi connectivity index (χ2v) is 14.1. The summed E-state index contributed by atoms with van der Waals surface area (Å²) in [6.07, 6.45) is 5.12. The van der Waals surface area contributed by atoms with Gasteiger partial charge in [0, 0.05) is 31.2 Å². The summed E-state index contributed by atoms with van der Waals surface area (Å²) >= 11 is 0. The fourth-order valence-corrected chi connectivity index (χ4v) is 6.68.